The van der Waals surface area contributed by atoms with Crippen LogP contribution in [-0.2, 0) is 11.3 Å². The molecule has 0 saturated heterocycles. The molecule has 2 aromatic heterocycles. The molecule has 0 unspecified atom stereocenters. The summed E-state index contributed by atoms with van der Waals surface area (Å²) in [4.78, 5) is 29.2. The molecule has 9 heteroatoms. The van der Waals surface area contributed by atoms with Crippen LogP contribution in [0.25, 0.3) is 5.65 Å². The lowest BCUT2D eigenvalue weighted by Crippen LogP contribution is -2.28. The van der Waals surface area contributed by atoms with Gasteiger partial charge in [0.05, 0.1) is 5.69 Å². The summed E-state index contributed by atoms with van der Waals surface area (Å²) in [6, 6.07) is 14.6. The molecule has 146 valence electrons. The molecular weight excluding hydrogens is 438 g/mol. The summed E-state index contributed by atoms with van der Waals surface area (Å²) < 4.78 is 8.89. The Kier molecular flexibility index (Phi) is 5.13. The number of anilines is 1. The fraction of sp³-hybridized carbons (Fsp3) is 0.100. The van der Waals surface area contributed by atoms with Gasteiger partial charge in [0, 0.05) is 16.9 Å². The number of fused-ring (bicyclic) bond motifs is 1. The van der Waals surface area contributed by atoms with Gasteiger partial charge in [-0.25, -0.2) is 18.9 Å². The number of halogens is 1. The summed E-state index contributed by atoms with van der Waals surface area (Å²) >= 11 is 3.37. The van der Waals surface area contributed by atoms with Crippen LogP contribution < -0.4 is 15.7 Å². The fourth-order valence-corrected chi connectivity index (χ4v) is 3.09. The lowest BCUT2D eigenvalue weighted by Gasteiger charge is -2.06. The maximum Gasteiger partial charge on any atom is 0.351 e. The number of benzene rings is 2. The topological polar surface area (TPSA) is 90.5 Å². The van der Waals surface area contributed by atoms with Gasteiger partial charge in [-0.2, -0.15) is 0 Å². The van der Waals surface area contributed by atoms with Crippen molar-refractivity contribution in [3.63, 3.8) is 0 Å². The van der Waals surface area contributed by atoms with Gasteiger partial charge in [0.15, 0.2) is 0 Å². The van der Waals surface area contributed by atoms with Crippen LogP contribution in [-0.4, -0.2) is 25.1 Å². The van der Waals surface area contributed by atoms with Gasteiger partial charge < -0.3 is 10.1 Å². The van der Waals surface area contributed by atoms with E-state index >= 15 is 0 Å². The number of hydrogen-bond acceptors (Lipinski definition) is 5. The lowest BCUT2D eigenvalue weighted by atomic mass is 10.2. The maximum absolute atomic E-state index is 12.6. The Bertz CT molecular complexity index is 1250. The molecule has 0 aliphatic carbocycles. The SMILES string of the molecule is Cc1ccc(Oc2nccn3c(=O)n(CC(=O)Nc4ccccc4Br)nc23)cc1. The van der Waals surface area contributed by atoms with Crippen LogP contribution in [0.5, 0.6) is 11.6 Å². The van der Waals surface area contributed by atoms with E-state index in [1.165, 1.54) is 16.8 Å². The number of para-hydroxylation sites is 1. The summed E-state index contributed by atoms with van der Waals surface area (Å²) in [5, 5.41) is 6.99. The van der Waals surface area contributed by atoms with Crippen molar-refractivity contribution in [2.24, 2.45) is 0 Å². The first kappa shape index (κ1) is 18.9. The molecule has 1 amide bonds. The zero-order chi connectivity index (χ0) is 20.4. The van der Waals surface area contributed by atoms with Crippen LogP contribution >= 0.6 is 15.9 Å². The third-order valence-electron chi connectivity index (χ3n) is 4.15. The smallest absolute Gasteiger partial charge is 0.351 e. The highest BCUT2D eigenvalue weighted by molar-refractivity contribution is 9.10. The first-order valence-electron chi connectivity index (χ1n) is 8.74. The Morgan fingerprint density at radius 3 is 2.69 bits per heavy atom. The molecule has 0 radical (unpaired) electrons. The van der Waals surface area contributed by atoms with E-state index < -0.39 is 5.69 Å². The molecule has 0 bridgehead atoms. The predicted octanol–water partition coefficient (Wildman–Crippen LogP) is 3.39. The van der Waals surface area contributed by atoms with Gasteiger partial charge >= 0.3 is 5.69 Å². The molecule has 0 atom stereocenters. The highest BCUT2D eigenvalue weighted by Gasteiger charge is 2.16. The van der Waals surface area contributed by atoms with E-state index in [0.717, 1.165) is 14.7 Å². The number of aryl methyl sites for hydroxylation is 1. The fourth-order valence-electron chi connectivity index (χ4n) is 2.71. The molecule has 0 fully saturated rings. The Hall–Kier alpha value is -3.46. The van der Waals surface area contributed by atoms with Gasteiger partial charge in [-0.05, 0) is 47.1 Å². The molecule has 4 rings (SSSR count). The molecule has 0 aliphatic rings. The van der Waals surface area contributed by atoms with Gasteiger partial charge in [-0.1, -0.05) is 29.8 Å². The van der Waals surface area contributed by atoms with Crippen molar-refractivity contribution in [1.29, 1.82) is 0 Å². The van der Waals surface area contributed by atoms with Crippen molar-refractivity contribution in [3.8, 4) is 11.6 Å². The third kappa shape index (κ3) is 4.04. The van der Waals surface area contributed by atoms with Gasteiger partial charge in [-0.3, -0.25) is 4.79 Å². The second kappa shape index (κ2) is 7.88. The van der Waals surface area contributed by atoms with Gasteiger partial charge in [0.2, 0.25) is 11.6 Å². The number of aromatic nitrogens is 4. The summed E-state index contributed by atoms with van der Waals surface area (Å²) in [6.45, 7) is 1.73. The number of carbonyl (C=O) groups excluding carboxylic acids is 1. The number of carbonyl (C=O) groups is 1. The largest absolute Gasteiger partial charge is 0.436 e. The highest BCUT2D eigenvalue weighted by Crippen LogP contribution is 2.23. The molecule has 1 N–H and O–H groups in total. The van der Waals surface area contributed by atoms with Crippen LogP contribution in [0.15, 0.2) is 70.2 Å². The first-order chi connectivity index (χ1) is 14.0. The average Bonchev–Trinajstić information content (AvgIpc) is 3.02. The van der Waals surface area contributed by atoms with Gasteiger partial charge in [0.25, 0.3) is 5.88 Å². The minimum atomic E-state index is -0.460. The quantitative estimate of drug-likeness (QED) is 0.499. The predicted molar refractivity (Wildman–Crippen MR) is 111 cm³/mol. The number of ether oxygens (including phenoxy) is 1. The molecule has 0 saturated carbocycles. The molecule has 2 aromatic carbocycles. The van der Waals surface area contributed by atoms with Crippen molar-refractivity contribution < 1.29 is 9.53 Å². The van der Waals surface area contributed by atoms with Gasteiger partial charge in [0.1, 0.15) is 12.3 Å². The van der Waals surface area contributed by atoms with Crippen LogP contribution in [0.2, 0.25) is 0 Å². The third-order valence-corrected chi connectivity index (χ3v) is 4.84. The summed E-state index contributed by atoms with van der Waals surface area (Å²) in [5.74, 6) is 0.375. The number of hydrogen-bond donors (Lipinski definition) is 1. The molecule has 0 spiro atoms. The Morgan fingerprint density at radius 2 is 1.93 bits per heavy atom. The standard InChI is InChI=1S/C20H16BrN5O3/c1-13-6-8-14(9-7-13)29-19-18-24-26(20(28)25(18)11-10-22-19)12-17(27)23-16-5-3-2-4-15(16)21/h2-11H,12H2,1H3,(H,23,27). The summed E-state index contributed by atoms with van der Waals surface area (Å²) in [7, 11) is 0. The van der Waals surface area contributed by atoms with E-state index in [2.05, 4.69) is 31.3 Å². The Balaban J connectivity index is 1.60. The molecule has 2 heterocycles. The molecule has 0 aliphatic heterocycles. The lowest BCUT2D eigenvalue weighted by molar-refractivity contribution is -0.117. The first-order valence-corrected chi connectivity index (χ1v) is 9.53. The van der Waals surface area contributed by atoms with E-state index in [-0.39, 0.29) is 24.0 Å². The zero-order valence-electron chi connectivity index (χ0n) is 15.4. The Morgan fingerprint density at radius 1 is 1.17 bits per heavy atom. The average molecular weight is 454 g/mol. The monoisotopic (exact) mass is 453 g/mol. The van der Waals surface area contributed by atoms with Crippen molar-refractivity contribution >= 4 is 33.2 Å². The maximum atomic E-state index is 12.6. The molecular formula is C20H16BrN5O3. The minimum absolute atomic E-state index is 0.179. The molecule has 4 aromatic rings. The number of nitrogens with one attached hydrogen (secondary N) is 1. The Labute approximate surface area is 173 Å². The van der Waals surface area contributed by atoms with E-state index in [0.29, 0.717) is 11.4 Å². The second-order valence-electron chi connectivity index (χ2n) is 6.31. The van der Waals surface area contributed by atoms with Crippen LogP contribution in [0, 0.1) is 6.92 Å². The number of rotatable bonds is 5. The van der Waals surface area contributed by atoms with Crippen LogP contribution in [0.4, 0.5) is 5.69 Å². The van der Waals surface area contributed by atoms with Crippen molar-refractivity contribution in [2.45, 2.75) is 13.5 Å². The van der Waals surface area contributed by atoms with Crippen molar-refractivity contribution in [2.75, 3.05) is 5.32 Å². The van der Waals surface area contributed by atoms with Crippen molar-refractivity contribution in [3.05, 3.63) is 81.4 Å². The molecule has 29 heavy (non-hydrogen) atoms. The van der Waals surface area contributed by atoms with Crippen LogP contribution in [0.3, 0.4) is 0 Å². The number of nitrogens with zero attached hydrogens (tertiary/aromatic N) is 4. The summed E-state index contributed by atoms with van der Waals surface area (Å²) in [6.07, 6.45) is 2.93. The van der Waals surface area contributed by atoms with Gasteiger partial charge in [-0.15, -0.1) is 5.10 Å². The van der Waals surface area contributed by atoms with Crippen molar-refractivity contribution in [1.82, 2.24) is 19.2 Å². The summed E-state index contributed by atoms with van der Waals surface area (Å²) in [5.41, 5.74) is 1.48. The highest BCUT2D eigenvalue weighted by atomic mass is 79.9. The minimum Gasteiger partial charge on any atom is -0.436 e. The second-order valence-corrected chi connectivity index (χ2v) is 7.16. The van der Waals surface area contributed by atoms with E-state index in [1.807, 2.05) is 31.2 Å². The zero-order valence-corrected chi connectivity index (χ0v) is 17.0. The normalized spacial score (nSPS) is 10.8. The number of amides is 1. The van der Waals surface area contributed by atoms with E-state index in [4.69, 9.17) is 4.74 Å². The van der Waals surface area contributed by atoms with Crippen LogP contribution in [0.1, 0.15) is 5.56 Å². The van der Waals surface area contributed by atoms with E-state index in [1.54, 1.807) is 24.3 Å². The molecule has 8 nitrogen and oxygen atoms in total. The van der Waals surface area contributed by atoms with E-state index in [9.17, 15) is 9.59 Å².